The van der Waals surface area contributed by atoms with Gasteiger partial charge in [0.1, 0.15) is 0 Å². The molecule has 1 atom stereocenters. The molecule has 0 aromatic rings. The molecule has 1 heterocycles. The van der Waals surface area contributed by atoms with Crippen molar-refractivity contribution in [2.24, 2.45) is 5.92 Å². The van der Waals surface area contributed by atoms with Crippen LogP contribution in [0.2, 0.25) is 0 Å². The van der Waals surface area contributed by atoms with E-state index >= 15 is 0 Å². The average Bonchev–Trinajstić information content (AvgIpc) is 2.29. The van der Waals surface area contributed by atoms with E-state index in [1.54, 1.807) is 0 Å². The van der Waals surface area contributed by atoms with Crippen molar-refractivity contribution in [1.82, 2.24) is 15.5 Å². The molecule has 0 unspecified atom stereocenters. The Kier molecular flexibility index (Phi) is 5.65. The summed E-state index contributed by atoms with van der Waals surface area (Å²) < 4.78 is 0. The van der Waals surface area contributed by atoms with Gasteiger partial charge in [-0.25, -0.2) is 0 Å². The van der Waals surface area contributed by atoms with Crippen molar-refractivity contribution in [3.05, 3.63) is 0 Å². The molecule has 1 aliphatic heterocycles. The Labute approximate surface area is 92.4 Å². The summed E-state index contributed by atoms with van der Waals surface area (Å²) in [4.78, 5) is 13.8. The van der Waals surface area contributed by atoms with Gasteiger partial charge in [-0.1, -0.05) is 0 Å². The number of rotatable bonds is 5. The van der Waals surface area contributed by atoms with Crippen LogP contribution in [0.15, 0.2) is 0 Å². The summed E-state index contributed by atoms with van der Waals surface area (Å²) >= 11 is 0. The second kappa shape index (κ2) is 6.80. The number of nitrogens with one attached hydrogen (secondary N) is 2. The van der Waals surface area contributed by atoms with Crippen molar-refractivity contribution in [2.45, 2.75) is 19.3 Å². The molecule has 0 aliphatic carbocycles. The summed E-state index contributed by atoms with van der Waals surface area (Å²) in [6.07, 6.45) is 3.20. The van der Waals surface area contributed by atoms with Gasteiger partial charge in [0.25, 0.3) is 0 Å². The highest BCUT2D eigenvalue weighted by Gasteiger charge is 2.23. The summed E-state index contributed by atoms with van der Waals surface area (Å²) in [5.74, 6) is 0.511. The molecule has 0 radical (unpaired) electrons. The molecular formula is C11H23N3O. The van der Waals surface area contributed by atoms with Crippen molar-refractivity contribution >= 4 is 5.91 Å². The molecule has 15 heavy (non-hydrogen) atoms. The fourth-order valence-electron chi connectivity index (χ4n) is 1.98. The zero-order valence-electron chi connectivity index (χ0n) is 9.88. The second-order valence-corrected chi connectivity index (χ2v) is 4.26. The summed E-state index contributed by atoms with van der Waals surface area (Å²) in [5.41, 5.74) is 0. The van der Waals surface area contributed by atoms with Gasteiger partial charge in [0, 0.05) is 20.1 Å². The lowest BCUT2D eigenvalue weighted by atomic mass is 9.98. The van der Waals surface area contributed by atoms with Crippen molar-refractivity contribution < 1.29 is 4.79 Å². The molecule has 0 aromatic carbocycles. The first-order chi connectivity index (χ1) is 7.25. The molecule has 0 spiro atoms. The highest BCUT2D eigenvalue weighted by atomic mass is 16.2. The minimum absolute atomic E-state index is 0.207. The molecule has 1 rings (SSSR count). The Morgan fingerprint density at radius 3 is 3.00 bits per heavy atom. The number of carbonyl (C=O) groups is 1. The Balaban J connectivity index is 2.24. The summed E-state index contributed by atoms with van der Waals surface area (Å²) in [5, 5.41) is 6.37. The van der Waals surface area contributed by atoms with Crippen LogP contribution in [0.1, 0.15) is 19.3 Å². The summed E-state index contributed by atoms with van der Waals surface area (Å²) in [6, 6.07) is 0. The molecule has 4 nitrogen and oxygen atoms in total. The second-order valence-electron chi connectivity index (χ2n) is 4.26. The molecular weight excluding hydrogens is 190 g/mol. The third-order valence-electron chi connectivity index (χ3n) is 2.94. The van der Waals surface area contributed by atoms with Crippen LogP contribution in [0.4, 0.5) is 0 Å². The number of nitrogens with zero attached hydrogens (tertiary/aromatic N) is 1. The van der Waals surface area contributed by atoms with Crippen LogP contribution in [0.25, 0.3) is 0 Å². The topological polar surface area (TPSA) is 44.4 Å². The van der Waals surface area contributed by atoms with Crippen LogP contribution in [0.3, 0.4) is 0 Å². The Hall–Kier alpha value is -0.610. The van der Waals surface area contributed by atoms with Gasteiger partial charge < -0.3 is 15.5 Å². The molecule has 1 aliphatic rings. The SMILES string of the molecule is CNCCCN(C)C(=O)[C@H]1CCCNC1. The zero-order chi connectivity index (χ0) is 11.1. The Bertz CT molecular complexity index is 190. The van der Waals surface area contributed by atoms with E-state index in [2.05, 4.69) is 10.6 Å². The monoisotopic (exact) mass is 213 g/mol. The number of hydrogen-bond acceptors (Lipinski definition) is 3. The summed E-state index contributed by atoms with van der Waals surface area (Å²) in [6.45, 7) is 3.75. The van der Waals surface area contributed by atoms with Gasteiger partial charge in [-0.05, 0) is 39.4 Å². The first-order valence-corrected chi connectivity index (χ1v) is 5.86. The summed E-state index contributed by atoms with van der Waals surface area (Å²) in [7, 11) is 3.85. The van der Waals surface area contributed by atoms with Gasteiger partial charge in [0.15, 0.2) is 0 Å². The zero-order valence-corrected chi connectivity index (χ0v) is 9.88. The van der Waals surface area contributed by atoms with E-state index in [-0.39, 0.29) is 5.92 Å². The van der Waals surface area contributed by atoms with E-state index in [9.17, 15) is 4.79 Å². The third-order valence-corrected chi connectivity index (χ3v) is 2.94. The number of hydrogen-bond donors (Lipinski definition) is 2. The van der Waals surface area contributed by atoms with E-state index in [4.69, 9.17) is 0 Å². The molecule has 1 saturated heterocycles. The van der Waals surface area contributed by atoms with E-state index in [1.165, 1.54) is 0 Å². The lowest BCUT2D eigenvalue weighted by Gasteiger charge is -2.27. The normalized spacial score (nSPS) is 21.3. The molecule has 0 saturated carbocycles. The van der Waals surface area contributed by atoms with Gasteiger partial charge in [-0.15, -0.1) is 0 Å². The van der Waals surface area contributed by atoms with Crippen LogP contribution in [0.5, 0.6) is 0 Å². The maximum Gasteiger partial charge on any atom is 0.226 e. The molecule has 0 bridgehead atoms. The Morgan fingerprint density at radius 2 is 2.40 bits per heavy atom. The molecule has 2 N–H and O–H groups in total. The van der Waals surface area contributed by atoms with Gasteiger partial charge in [0.2, 0.25) is 5.91 Å². The van der Waals surface area contributed by atoms with E-state index in [0.29, 0.717) is 5.91 Å². The lowest BCUT2D eigenvalue weighted by Crippen LogP contribution is -2.42. The Morgan fingerprint density at radius 1 is 1.60 bits per heavy atom. The minimum Gasteiger partial charge on any atom is -0.345 e. The first-order valence-electron chi connectivity index (χ1n) is 5.86. The third kappa shape index (κ3) is 4.18. The predicted molar refractivity (Wildman–Crippen MR) is 61.8 cm³/mol. The van der Waals surface area contributed by atoms with Gasteiger partial charge >= 0.3 is 0 Å². The lowest BCUT2D eigenvalue weighted by molar-refractivity contribution is -0.134. The van der Waals surface area contributed by atoms with Crippen LogP contribution >= 0.6 is 0 Å². The molecule has 4 heteroatoms. The van der Waals surface area contributed by atoms with Crippen LogP contribution in [-0.2, 0) is 4.79 Å². The largest absolute Gasteiger partial charge is 0.345 e. The molecule has 1 fully saturated rings. The first kappa shape index (κ1) is 12.5. The van der Waals surface area contributed by atoms with E-state index in [1.807, 2.05) is 19.0 Å². The van der Waals surface area contributed by atoms with E-state index < -0.39 is 0 Å². The quantitative estimate of drug-likeness (QED) is 0.635. The fourth-order valence-corrected chi connectivity index (χ4v) is 1.98. The predicted octanol–water partition coefficient (Wildman–Crippen LogP) is 0.0539. The van der Waals surface area contributed by atoms with Crippen LogP contribution < -0.4 is 10.6 Å². The smallest absolute Gasteiger partial charge is 0.226 e. The maximum absolute atomic E-state index is 12.0. The number of piperidine rings is 1. The number of carbonyl (C=O) groups excluding carboxylic acids is 1. The van der Waals surface area contributed by atoms with E-state index in [0.717, 1.165) is 45.4 Å². The van der Waals surface area contributed by atoms with Gasteiger partial charge in [0.05, 0.1) is 5.92 Å². The molecule has 1 amide bonds. The highest BCUT2D eigenvalue weighted by molar-refractivity contribution is 5.78. The number of amides is 1. The van der Waals surface area contributed by atoms with Gasteiger partial charge in [-0.3, -0.25) is 4.79 Å². The minimum atomic E-state index is 0.207. The van der Waals surface area contributed by atoms with Crippen LogP contribution in [-0.4, -0.2) is 51.1 Å². The molecule has 88 valence electrons. The highest BCUT2D eigenvalue weighted by Crippen LogP contribution is 2.12. The average molecular weight is 213 g/mol. The fraction of sp³-hybridized carbons (Fsp3) is 0.909. The maximum atomic E-state index is 12.0. The van der Waals surface area contributed by atoms with Gasteiger partial charge in [-0.2, -0.15) is 0 Å². The van der Waals surface area contributed by atoms with Crippen molar-refractivity contribution in [3.8, 4) is 0 Å². The van der Waals surface area contributed by atoms with Crippen LogP contribution in [0, 0.1) is 5.92 Å². The van der Waals surface area contributed by atoms with Crippen molar-refractivity contribution in [2.75, 3.05) is 40.3 Å². The standard InChI is InChI=1S/C11H23N3O/c1-12-6-4-8-14(2)11(15)10-5-3-7-13-9-10/h10,12-13H,3-9H2,1-2H3/t10-/m0/s1. The van der Waals surface area contributed by atoms with Crippen molar-refractivity contribution in [1.29, 1.82) is 0 Å². The molecule has 0 aromatic heterocycles. The van der Waals surface area contributed by atoms with Crippen molar-refractivity contribution in [3.63, 3.8) is 0 Å².